The van der Waals surface area contributed by atoms with E-state index in [1.54, 1.807) is 18.2 Å². The largest absolute Gasteiger partial charge is 0.383 e. The molecule has 0 heterocycles. The lowest BCUT2D eigenvalue weighted by Gasteiger charge is -2.04. The first-order valence-corrected chi connectivity index (χ1v) is 4.55. The first kappa shape index (κ1) is 10.6. The van der Waals surface area contributed by atoms with Gasteiger partial charge in [0, 0.05) is 19.1 Å². The van der Waals surface area contributed by atoms with Crippen LogP contribution in [0.25, 0.3) is 6.08 Å². The van der Waals surface area contributed by atoms with Gasteiger partial charge in [0.15, 0.2) is 0 Å². The molecular formula is C11H11ClN2. The van der Waals surface area contributed by atoms with Gasteiger partial charge in [-0.3, -0.25) is 0 Å². The maximum absolute atomic E-state index is 8.83. The molecule has 14 heavy (non-hydrogen) atoms. The van der Waals surface area contributed by atoms with Crippen LogP contribution in [0.5, 0.6) is 0 Å². The molecule has 0 aromatic heterocycles. The summed E-state index contributed by atoms with van der Waals surface area (Å²) in [5.41, 5.74) is 1.47. The van der Waals surface area contributed by atoms with Crippen LogP contribution in [0.3, 0.4) is 0 Å². The van der Waals surface area contributed by atoms with Gasteiger partial charge >= 0.3 is 0 Å². The van der Waals surface area contributed by atoms with Crippen molar-refractivity contribution < 1.29 is 0 Å². The van der Waals surface area contributed by atoms with Gasteiger partial charge in [0.05, 0.1) is 11.6 Å². The van der Waals surface area contributed by atoms with Gasteiger partial charge in [-0.2, -0.15) is 5.26 Å². The number of benzene rings is 1. The van der Waals surface area contributed by atoms with Crippen LogP contribution < -0.4 is 0 Å². The van der Waals surface area contributed by atoms with Crippen molar-refractivity contribution in [2.24, 2.45) is 0 Å². The zero-order valence-corrected chi connectivity index (χ0v) is 8.92. The second-order valence-corrected chi connectivity index (χ2v) is 3.56. The molecule has 0 aliphatic rings. The predicted molar refractivity (Wildman–Crippen MR) is 58.9 cm³/mol. The molecule has 0 aliphatic carbocycles. The van der Waals surface area contributed by atoms with Gasteiger partial charge in [-0.1, -0.05) is 11.6 Å². The fourth-order valence-electron chi connectivity index (χ4n) is 1.00. The van der Waals surface area contributed by atoms with Crippen LogP contribution in [-0.4, -0.2) is 19.0 Å². The maximum Gasteiger partial charge on any atom is 0.0997 e. The third-order valence-corrected chi connectivity index (χ3v) is 1.92. The normalized spacial score (nSPS) is 10.1. The van der Waals surface area contributed by atoms with Crippen molar-refractivity contribution in [1.29, 1.82) is 5.26 Å². The molecule has 1 rings (SSSR count). The number of hydrogen-bond donors (Lipinski definition) is 0. The fourth-order valence-corrected chi connectivity index (χ4v) is 1.18. The Morgan fingerprint density at radius 2 is 2.14 bits per heavy atom. The highest BCUT2D eigenvalue weighted by molar-refractivity contribution is 6.30. The summed E-state index contributed by atoms with van der Waals surface area (Å²) in [4.78, 5) is 1.90. The second kappa shape index (κ2) is 4.69. The zero-order valence-electron chi connectivity index (χ0n) is 8.16. The Kier molecular flexibility index (Phi) is 3.55. The first-order chi connectivity index (χ1) is 6.63. The standard InChI is InChI=1S/C11H11ClN2/c1-14(2)6-5-9-7-11(12)4-3-10(9)8-13/h3-7H,1-2H3/b6-5+. The van der Waals surface area contributed by atoms with Crippen molar-refractivity contribution in [1.82, 2.24) is 4.90 Å². The average molecular weight is 207 g/mol. The molecule has 0 bridgehead atoms. The van der Waals surface area contributed by atoms with Crippen LogP contribution in [0.15, 0.2) is 24.4 Å². The molecule has 0 amide bonds. The molecule has 0 unspecified atom stereocenters. The highest BCUT2D eigenvalue weighted by Crippen LogP contribution is 2.16. The number of halogens is 1. The van der Waals surface area contributed by atoms with E-state index < -0.39 is 0 Å². The smallest absolute Gasteiger partial charge is 0.0997 e. The summed E-state index contributed by atoms with van der Waals surface area (Å²) in [6, 6.07) is 7.33. The topological polar surface area (TPSA) is 27.0 Å². The lowest BCUT2D eigenvalue weighted by atomic mass is 10.1. The lowest BCUT2D eigenvalue weighted by Crippen LogP contribution is -1.99. The first-order valence-electron chi connectivity index (χ1n) is 4.18. The summed E-state index contributed by atoms with van der Waals surface area (Å²) in [5.74, 6) is 0. The maximum atomic E-state index is 8.83. The van der Waals surface area contributed by atoms with Crippen LogP contribution in [0.4, 0.5) is 0 Å². The third kappa shape index (κ3) is 2.79. The second-order valence-electron chi connectivity index (χ2n) is 3.12. The summed E-state index contributed by atoms with van der Waals surface area (Å²) >= 11 is 5.83. The number of nitrogens with zero attached hydrogens (tertiary/aromatic N) is 2. The Labute approximate surface area is 89.0 Å². The van der Waals surface area contributed by atoms with E-state index in [1.807, 2.05) is 31.3 Å². The van der Waals surface area contributed by atoms with E-state index in [1.165, 1.54) is 0 Å². The van der Waals surface area contributed by atoms with Gasteiger partial charge in [0.1, 0.15) is 0 Å². The van der Waals surface area contributed by atoms with E-state index in [2.05, 4.69) is 6.07 Å². The molecular weight excluding hydrogens is 196 g/mol. The van der Waals surface area contributed by atoms with Gasteiger partial charge in [0.2, 0.25) is 0 Å². The Morgan fingerprint density at radius 3 is 2.71 bits per heavy atom. The van der Waals surface area contributed by atoms with E-state index in [-0.39, 0.29) is 0 Å². The molecule has 0 spiro atoms. The molecule has 1 aromatic rings. The molecule has 0 saturated carbocycles. The van der Waals surface area contributed by atoms with Gasteiger partial charge in [-0.25, -0.2) is 0 Å². The lowest BCUT2D eigenvalue weighted by molar-refractivity contribution is 0.567. The highest BCUT2D eigenvalue weighted by atomic mass is 35.5. The molecule has 0 radical (unpaired) electrons. The highest BCUT2D eigenvalue weighted by Gasteiger charge is 1.98. The molecule has 0 saturated heterocycles. The summed E-state index contributed by atoms with van der Waals surface area (Å²) in [6.07, 6.45) is 3.75. The van der Waals surface area contributed by atoms with Gasteiger partial charge in [0.25, 0.3) is 0 Å². The van der Waals surface area contributed by atoms with Crippen LogP contribution in [0, 0.1) is 11.3 Å². The summed E-state index contributed by atoms with van der Waals surface area (Å²) < 4.78 is 0. The summed E-state index contributed by atoms with van der Waals surface area (Å²) in [7, 11) is 3.85. The molecule has 0 atom stereocenters. The van der Waals surface area contributed by atoms with E-state index in [0.717, 1.165) is 5.56 Å². The van der Waals surface area contributed by atoms with Gasteiger partial charge < -0.3 is 4.90 Å². The van der Waals surface area contributed by atoms with Crippen molar-refractivity contribution in [3.05, 3.63) is 40.5 Å². The number of nitriles is 1. The molecule has 2 nitrogen and oxygen atoms in total. The Morgan fingerprint density at radius 1 is 1.43 bits per heavy atom. The molecule has 1 aromatic carbocycles. The van der Waals surface area contributed by atoms with Crippen molar-refractivity contribution in [3.8, 4) is 6.07 Å². The minimum Gasteiger partial charge on any atom is -0.383 e. The van der Waals surface area contributed by atoms with E-state index in [4.69, 9.17) is 16.9 Å². The van der Waals surface area contributed by atoms with Gasteiger partial charge in [-0.05, 0) is 36.0 Å². The monoisotopic (exact) mass is 206 g/mol. The van der Waals surface area contributed by atoms with Crippen molar-refractivity contribution >= 4 is 17.7 Å². The average Bonchev–Trinajstić information content (AvgIpc) is 2.15. The fraction of sp³-hybridized carbons (Fsp3) is 0.182. The Hall–Kier alpha value is -1.46. The minimum atomic E-state index is 0.632. The molecule has 72 valence electrons. The zero-order chi connectivity index (χ0) is 10.6. The van der Waals surface area contributed by atoms with Crippen molar-refractivity contribution in [2.45, 2.75) is 0 Å². The van der Waals surface area contributed by atoms with E-state index >= 15 is 0 Å². The van der Waals surface area contributed by atoms with Crippen molar-refractivity contribution in [2.75, 3.05) is 14.1 Å². The van der Waals surface area contributed by atoms with Gasteiger partial charge in [-0.15, -0.1) is 0 Å². The Balaban J connectivity index is 3.06. The molecule has 0 N–H and O–H groups in total. The minimum absolute atomic E-state index is 0.632. The summed E-state index contributed by atoms with van der Waals surface area (Å²) in [5, 5.41) is 9.48. The molecule has 3 heteroatoms. The quantitative estimate of drug-likeness (QED) is 0.744. The van der Waals surface area contributed by atoms with E-state index in [9.17, 15) is 0 Å². The Bertz CT molecular complexity index is 389. The van der Waals surface area contributed by atoms with E-state index in [0.29, 0.717) is 10.6 Å². The van der Waals surface area contributed by atoms with Crippen LogP contribution in [-0.2, 0) is 0 Å². The van der Waals surface area contributed by atoms with Crippen molar-refractivity contribution in [3.63, 3.8) is 0 Å². The number of rotatable bonds is 2. The van der Waals surface area contributed by atoms with Crippen LogP contribution in [0.2, 0.25) is 5.02 Å². The predicted octanol–water partition coefficient (Wildman–Crippen LogP) is 2.74. The van der Waals surface area contributed by atoms with Crippen LogP contribution in [0.1, 0.15) is 11.1 Å². The van der Waals surface area contributed by atoms with Crippen LogP contribution >= 0.6 is 11.6 Å². The third-order valence-electron chi connectivity index (χ3n) is 1.69. The molecule has 0 fully saturated rings. The molecule has 0 aliphatic heterocycles. The summed E-state index contributed by atoms with van der Waals surface area (Å²) in [6.45, 7) is 0. The SMILES string of the molecule is CN(C)/C=C/c1cc(Cl)ccc1C#N. The number of hydrogen-bond acceptors (Lipinski definition) is 2.